The van der Waals surface area contributed by atoms with E-state index in [9.17, 15) is 4.79 Å². The van der Waals surface area contributed by atoms with Gasteiger partial charge >= 0.3 is 5.69 Å². The third-order valence-corrected chi connectivity index (χ3v) is 2.32. The van der Waals surface area contributed by atoms with E-state index in [0.717, 1.165) is 5.56 Å². The molecule has 0 saturated heterocycles. The summed E-state index contributed by atoms with van der Waals surface area (Å²) in [5.41, 5.74) is 1.13. The average Bonchev–Trinajstić information content (AvgIpc) is 2.34. The van der Waals surface area contributed by atoms with Crippen LogP contribution in [-0.4, -0.2) is 22.1 Å². The Kier molecular flexibility index (Phi) is 5.56. The van der Waals surface area contributed by atoms with Gasteiger partial charge < -0.3 is 4.55 Å². The van der Waals surface area contributed by atoms with Crippen LogP contribution in [0.25, 0.3) is 0 Å². The topological polar surface area (TPSA) is 103 Å². The fourth-order valence-electron chi connectivity index (χ4n) is 1.50. The molecule has 1 aromatic heterocycles. The van der Waals surface area contributed by atoms with Gasteiger partial charge in [-0.25, -0.2) is 13.0 Å². The Morgan fingerprint density at radius 3 is 2.35 bits per heavy atom. The van der Waals surface area contributed by atoms with Crippen LogP contribution in [0.4, 0.5) is 0 Å². The first-order valence-electron chi connectivity index (χ1n) is 5.54. The van der Waals surface area contributed by atoms with Gasteiger partial charge in [0.15, 0.2) is 0 Å². The van der Waals surface area contributed by atoms with Gasteiger partial charge in [0.25, 0.3) is 0 Å². The van der Waals surface area contributed by atoms with E-state index in [1.807, 2.05) is 36.4 Å². The minimum Gasteiger partial charge on any atom is -0.726 e. The molecule has 0 amide bonds. The number of hydrogen-bond donors (Lipinski definition) is 1. The van der Waals surface area contributed by atoms with Gasteiger partial charge in [0.2, 0.25) is 10.4 Å². The van der Waals surface area contributed by atoms with Gasteiger partial charge in [-0.3, -0.25) is 4.55 Å². The van der Waals surface area contributed by atoms with Crippen molar-refractivity contribution in [2.45, 2.75) is 6.54 Å². The lowest BCUT2D eigenvalue weighted by Crippen LogP contribution is -2.50. The molecule has 0 aliphatic heterocycles. The normalized spacial score (nSPS) is 10.6. The van der Waals surface area contributed by atoms with Crippen molar-refractivity contribution in [3.63, 3.8) is 0 Å². The molecule has 0 aliphatic carbocycles. The third kappa shape index (κ3) is 6.23. The number of hydrogen-bond acceptors (Lipinski definition) is 4. The largest absolute Gasteiger partial charge is 0.726 e. The van der Waals surface area contributed by atoms with Crippen LogP contribution in [0.1, 0.15) is 5.56 Å². The van der Waals surface area contributed by atoms with Crippen LogP contribution in [-0.2, 0) is 24.0 Å². The molecule has 0 bridgehead atoms. The van der Waals surface area contributed by atoms with Crippen molar-refractivity contribution in [3.05, 3.63) is 64.8 Å². The minimum absolute atomic E-state index is 0.00125. The number of aromatic nitrogens is 2. The molecule has 2 rings (SSSR count). The lowest BCUT2D eigenvalue weighted by molar-refractivity contribution is -0.691. The lowest BCUT2D eigenvalue weighted by atomic mass is 10.2. The Balaban J connectivity index is 0.000000347. The zero-order valence-electron chi connectivity index (χ0n) is 10.7. The zero-order chi connectivity index (χ0) is 15.2. The summed E-state index contributed by atoms with van der Waals surface area (Å²) in [5, 5.41) is 0. The molecule has 0 unspecified atom stereocenters. The summed E-state index contributed by atoms with van der Waals surface area (Å²) in [6, 6.07) is 11.8. The van der Waals surface area contributed by atoms with Crippen LogP contribution in [0.15, 0.2) is 53.6 Å². The van der Waals surface area contributed by atoms with Gasteiger partial charge in [-0.05, 0) is 5.56 Å². The highest BCUT2D eigenvalue weighted by molar-refractivity contribution is 7.79. The van der Waals surface area contributed by atoms with E-state index in [1.165, 1.54) is 0 Å². The van der Waals surface area contributed by atoms with E-state index in [0.29, 0.717) is 6.54 Å². The van der Waals surface area contributed by atoms with Gasteiger partial charge in [0.1, 0.15) is 6.54 Å². The minimum atomic E-state index is -4.92. The molecule has 0 radical (unpaired) electrons. The van der Waals surface area contributed by atoms with Crippen molar-refractivity contribution >= 4 is 10.4 Å². The number of nitrogens with zero attached hydrogens (tertiary/aromatic N) is 2. The Morgan fingerprint density at radius 2 is 1.80 bits per heavy atom. The van der Waals surface area contributed by atoms with Crippen molar-refractivity contribution in [1.82, 2.24) is 4.57 Å². The van der Waals surface area contributed by atoms with E-state index >= 15 is 0 Å². The van der Waals surface area contributed by atoms with Crippen LogP contribution in [0.3, 0.4) is 0 Å². The first-order valence-corrected chi connectivity index (χ1v) is 6.91. The second-order valence-corrected chi connectivity index (χ2v) is 4.78. The molecular formula is C12H14N2O5S. The maximum atomic E-state index is 11.7. The third-order valence-electron chi connectivity index (χ3n) is 2.32. The summed E-state index contributed by atoms with van der Waals surface area (Å²) in [4.78, 5) is 11.7. The van der Waals surface area contributed by atoms with Gasteiger partial charge in [-0.1, -0.05) is 30.3 Å². The molecule has 7 nitrogen and oxygen atoms in total. The van der Waals surface area contributed by atoms with E-state index < -0.39 is 10.4 Å². The van der Waals surface area contributed by atoms with Gasteiger partial charge in [-0.15, -0.1) is 0 Å². The highest BCUT2D eigenvalue weighted by Gasteiger charge is 2.06. The summed E-state index contributed by atoms with van der Waals surface area (Å²) in [7, 11) is -3.16. The van der Waals surface area contributed by atoms with Crippen LogP contribution in [0.2, 0.25) is 0 Å². The standard InChI is InChI=1S/C12H13N2O.H2O4S/c1-13-8-5-9-14(12(13)15)10-11-6-3-2-4-7-11;1-5(2,3)4/h2-9H,10H2,1H3;(H2,1,2,3,4)/q+1;/p-1. The second kappa shape index (κ2) is 6.94. The SMILES string of the molecule is C[n+]1cccn(Cc2ccccc2)c1=O.O=S(=O)([O-])O. The van der Waals surface area contributed by atoms with Crippen molar-refractivity contribution in [3.8, 4) is 0 Å². The average molecular weight is 298 g/mol. The first-order chi connectivity index (χ1) is 9.27. The Hall–Kier alpha value is -2.03. The molecule has 0 aliphatic rings. The fraction of sp³-hybridized carbons (Fsp3) is 0.167. The fourth-order valence-corrected chi connectivity index (χ4v) is 1.50. The smallest absolute Gasteiger partial charge is 0.497 e. The van der Waals surface area contributed by atoms with Gasteiger partial charge in [0.05, 0.1) is 19.4 Å². The summed E-state index contributed by atoms with van der Waals surface area (Å²) in [6.45, 7) is 0.619. The highest BCUT2D eigenvalue weighted by atomic mass is 32.3. The number of benzene rings is 1. The predicted octanol–water partition coefficient (Wildman–Crippen LogP) is -0.274. The first kappa shape index (κ1) is 16.0. The predicted molar refractivity (Wildman–Crippen MR) is 69.7 cm³/mol. The summed E-state index contributed by atoms with van der Waals surface area (Å²) in [5.74, 6) is 0. The number of rotatable bonds is 2. The maximum absolute atomic E-state index is 11.7. The molecule has 20 heavy (non-hydrogen) atoms. The number of aryl methyl sites for hydroxylation is 1. The summed E-state index contributed by atoms with van der Waals surface area (Å²) in [6.07, 6.45) is 3.55. The molecule has 1 heterocycles. The van der Waals surface area contributed by atoms with E-state index in [1.54, 1.807) is 28.6 Å². The van der Waals surface area contributed by atoms with Crippen molar-refractivity contribution in [2.75, 3.05) is 0 Å². The molecule has 0 atom stereocenters. The van der Waals surface area contributed by atoms with Crippen LogP contribution in [0, 0.1) is 0 Å². The molecule has 1 aromatic carbocycles. The monoisotopic (exact) mass is 298 g/mol. The molecular weight excluding hydrogens is 284 g/mol. The Labute approximate surface area is 116 Å². The zero-order valence-corrected chi connectivity index (χ0v) is 11.5. The van der Waals surface area contributed by atoms with Crippen molar-refractivity contribution < 1.29 is 22.1 Å². The van der Waals surface area contributed by atoms with Crippen LogP contribution in [0.5, 0.6) is 0 Å². The summed E-state index contributed by atoms with van der Waals surface area (Å²) < 4.78 is 36.1. The van der Waals surface area contributed by atoms with E-state index in [2.05, 4.69) is 0 Å². The van der Waals surface area contributed by atoms with Crippen LogP contribution >= 0.6 is 0 Å². The molecule has 8 heteroatoms. The molecule has 0 saturated carbocycles. The molecule has 2 aromatic rings. The van der Waals surface area contributed by atoms with Gasteiger partial charge in [0, 0.05) is 6.07 Å². The quantitative estimate of drug-likeness (QED) is 0.467. The van der Waals surface area contributed by atoms with Crippen molar-refractivity contribution in [1.29, 1.82) is 0 Å². The molecule has 1 N–H and O–H groups in total. The van der Waals surface area contributed by atoms with E-state index in [-0.39, 0.29) is 5.69 Å². The second-order valence-electron chi connectivity index (χ2n) is 3.93. The highest BCUT2D eigenvalue weighted by Crippen LogP contribution is 1.99. The van der Waals surface area contributed by atoms with Crippen LogP contribution < -0.4 is 10.3 Å². The van der Waals surface area contributed by atoms with Crippen molar-refractivity contribution in [2.24, 2.45) is 7.05 Å². The Bertz CT molecular complexity index is 702. The summed E-state index contributed by atoms with van der Waals surface area (Å²) >= 11 is 0. The molecule has 108 valence electrons. The lowest BCUT2D eigenvalue weighted by Gasteiger charge is -1.99. The Morgan fingerprint density at radius 1 is 1.25 bits per heavy atom. The molecule has 0 spiro atoms. The maximum Gasteiger partial charge on any atom is 0.497 e. The van der Waals surface area contributed by atoms with E-state index in [4.69, 9.17) is 17.5 Å². The molecule has 0 fully saturated rings. The van der Waals surface area contributed by atoms with Gasteiger partial charge in [-0.2, -0.15) is 9.36 Å².